The predicted octanol–water partition coefficient (Wildman–Crippen LogP) is 4.01. The molecule has 0 bridgehead atoms. The lowest BCUT2D eigenvalue weighted by molar-refractivity contribution is 0.287. The molecule has 0 unspecified atom stereocenters. The standard InChI is InChI=1S/C19H22ClN5O/c1-21-17-18(20)23-13-24-19(17)22-10-14-6-3-4-7-15(14)11-25(2)12-16-8-5-9-26-16/h3-9,13,21H,10-12H2,1-2H3,(H,22,23,24). The van der Waals surface area contributed by atoms with E-state index in [4.69, 9.17) is 16.0 Å². The number of hydrogen-bond donors (Lipinski definition) is 2. The van der Waals surface area contributed by atoms with E-state index < -0.39 is 0 Å². The van der Waals surface area contributed by atoms with Crippen molar-refractivity contribution in [1.29, 1.82) is 0 Å². The van der Waals surface area contributed by atoms with Crippen LogP contribution in [0.25, 0.3) is 0 Å². The smallest absolute Gasteiger partial charge is 0.157 e. The summed E-state index contributed by atoms with van der Waals surface area (Å²) in [6.45, 7) is 2.23. The third kappa shape index (κ3) is 4.53. The molecule has 0 saturated heterocycles. The molecule has 0 fully saturated rings. The number of halogens is 1. The van der Waals surface area contributed by atoms with E-state index in [0.29, 0.717) is 23.2 Å². The van der Waals surface area contributed by atoms with Crippen LogP contribution in [0.1, 0.15) is 16.9 Å². The zero-order chi connectivity index (χ0) is 18.4. The molecular weight excluding hydrogens is 350 g/mol. The molecule has 7 heteroatoms. The highest BCUT2D eigenvalue weighted by molar-refractivity contribution is 6.32. The summed E-state index contributed by atoms with van der Waals surface area (Å²) < 4.78 is 5.43. The van der Waals surface area contributed by atoms with Crippen LogP contribution in [0.15, 0.2) is 53.4 Å². The minimum absolute atomic E-state index is 0.400. The zero-order valence-corrected chi connectivity index (χ0v) is 15.6. The van der Waals surface area contributed by atoms with Gasteiger partial charge in [-0.1, -0.05) is 35.9 Å². The molecule has 0 spiro atoms. The summed E-state index contributed by atoms with van der Waals surface area (Å²) in [5, 5.41) is 6.78. The number of aromatic nitrogens is 2. The predicted molar refractivity (Wildman–Crippen MR) is 104 cm³/mol. The molecule has 136 valence electrons. The summed E-state index contributed by atoms with van der Waals surface area (Å²) in [6, 6.07) is 12.3. The first-order valence-electron chi connectivity index (χ1n) is 8.37. The monoisotopic (exact) mass is 371 g/mol. The van der Waals surface area contributed by atoms with Crippen LogP contribution in [0.5, 0.6) is 0 Å². The Morgan fingerprint density at radius 2 is 1.88 bits per heavy atom. The maximum absolute atomic E-state index is 6.11. The van der Waals surface area contributed by atoms with E-state index in [1.165, 1.54) is 17.5 Å². The Kier molecular flexibility index (Phi) is 6.09. The van der Waals surface area contributed by atoms with Crippen molar-refractivity contribution in [2.45, 2.75) is 19.6 Å². The number of hydrogen-bond acceptors (Lipinski definition) is 6. The van der Waals surface area contributed by atoms with Crippen molar-refractivity contribution in [3.63, 3.8) is 0 Å². The summed E-state index contributed by atoms with van der Waals surface area (Å²) >= 11 is 6.11. The molecule has 0 atom stereocenters. The Morgan fingerprint density at radius 3 is 2.62 bits per heavy atom. The number of nitrogens with one attached hydrogen (secondary N) is 2. The summed E-state index contributed by atoms with van der Waals surface area (Å²) in [5.74, 6) is 1.64. The topological polar surface area (TPSA) is 66.2 Å². The maximum Gasteiger partial charge on any atom is 0.157 e. The Labute approximate surface area is 158 Å². The molecule has 2 heterocycles. The van der Waals surface area contributed by atoms with Gasteiger partial charge in [0.15, 0.2) is 11.0 Å². The minimum atomic E-state index is 0.400. The van der Waals surface area contributed by atoms with Crippen molar-refractivity contribution in [2.24, 2.45) is 0 Å². The quantitative estimate of drug-likeness (QED) is 0.583. The van der Waals surface area contributed by atoms with E-state index in [1.807, 2.05) is 18.2 Å². The highest BCUT2D eigenvalue weighted by atomic mass is 35.5. The van der Waals surface area contributed by atoms with Gasteiger partial charge in [0.1, 0.15) is 17.8 Å². The average molecular weight is 372 g/mol. The van der Waals surface area contributed by atoms with Crippen LogP contribution >= 0.6 is 11.6 Å². The Balaban J connectivity index is 1.68. The molecule has 2 aromatic heterocycles. The van der Waals surface area contributed by atoms with Gasteiger partial charge >= 0.3 is 0 Å². The highest BCUT2D eigenvalue weighted by Gasteiger charge is 2.10. The Bertz CT molecular complexity index is 838. The number of benzene rings is 1. The molecule has 26 heavy (non-hydrogen) atoms. The molecule has 1 aromatic carbocycles. The molecule has 3 aromatic rings. The molecule has 0 saturated carbocycles. The van der Waals surface area contributed by atoms with Gasteiger partial charge in [0.2, 0.25) is 0 Å². The van der Waals surface area contributed by atoms with E-state index in [1.54, 1.807) is 13.3 Å². The van der Waals surface area contributed by atoms with Crippen LogP contribution in [0, 0.1) is 0 Å². The van der Waals surface area contributed by atoms with Gasteiger partial charge in [0.05, 0.1) is 12.8 Å². The lowest BCUT2D eigenvalue weighted by Crippen LogP contribution is -2.18. The van der Waals surface area contributed by atoms with Crippen molar-refractivity contribution >= 4 is 23.1 Å². The van der Waals surface area contributed by atoms with E-state index in [9.17, 15) is 0 Å². The summed E-state index contributed by atoms with van der Waals surface area (Å²) in [7, 11) is 3.88. The SMILES string of the molecule is CNc1c(Cl)ncnc1NCc1ccccc1CN(C)Cc1ccco1. The number of nitrogens with zero attached hydrogens (tertiary/aromatic N) is 3. The van der Waals surface area contributed by atoms with E-state index in [0.717, 1.165) is 18.8 Å². The summed E-state index contributed by atoms with van der Waals surface area (Å²) in [4.78, 5) is 10.5. The van der Waals surface area contributed by atoms with Crippen molar-refractivity contribution in [3.8, 4) is 0 Å². The first-order valence-corrected chi connectivity index (χ1v) is 8.75. The molecule has 0 aliphatic rings. The van der Waals surface area contributed by atoms with Crippen molar-refractivity contribution < 1.29 is 4.42 Å². The first kappa shape index (κ1) is 18.2. The highest BCUT2D eigenvalue weighted by Crippen LogP contribution is 2.26. The normalized spacial score (nSPS) is 10.9. The molecule has 3 rings (SSSR count). The van der Waals surface area contributed by atoms with E-state index >= 15 is 0 Å². The van der Waals surface area contributed by atoms with E-state index in [-0.39, 0.29) is 0 Å². The van der Waals surface area contributed by atoms with Gasteiger partial charge in [0.25, 0.3) is 0 Å². The maximum atomic E-state index is 6.11. The third-order valence-corrected chi connectivity index (χ3v) is 4.35. The van der Waals surface area contributed by atoms with Gasteiger partial charge in [-0.3, -0.25) is 4.90 Å². The average Bonchev–Trinajstić information content (AvgIpc) is 3.14. The molecular formula is C19H22ClN5O. The van der Waals surface area contributed by atoms with Gasteiger partial charge in [-0.25, -0.2) is 9.97 Å². The molecule has 6 nitrogen and oxygen atoms in total. The van der Waals surface area contributed by atoms with Gasteiger partial charge in [-0.05, 0) is 30.3 Å². The second kappa shape index (κ2) is 8.69. The Hall–Kier alpha value is -2.57. The first-order chi connectivity index (χ1) is 12.7. The fourth-order valence-corrected chi connectivity index (χ4v) is 3.03. The lowest BCUT2D eigenvalue weighted by atomic mass is 10.1. The van der Waals surface area contributed by atoms with Crippen LogP contribution in [-0.4, -0.2) is 29.0 Å². The zero-order valence-electron chi connectivity index (χ0n) is 14.9. The van der Waals surface area contributed by atoms with Crippen LogP contribution in [-0.2, 0) is 19.6 Å². The van der Waals surface area contributed by atoms with Gasteiger partial charge in [-0.2, -0.15) is 0 Å². The second-order valence-electron chi connectivity index (χ2n) is 6.01. The van der Waals surface area contributed by atoms with Crippen LogP contribution < -0.4 is 10.6 Å². The molecule has 0 radical (unpaired) electrons. The fraction of sp³-hybridized carbons (Fsp3) is 0.263. The van der Waals surface area contributed by atoms with Gasteiger partial charge in [0, 0.05) is 20.1 Å². The Morgan fingerprint density at radius 1 is 1.08 bits per heavy atom. The van der Waals surface area contributed by atoms with E-state index in [2.05, 4.69) is 50.7 Å². The van der Waals surface area contributed by atoms with Crippen LogP contribution in [0.3, 0.4) is 0 Å². The fourth-order valence-electron chi connectivity index (χ4n) is 2.80. The number of rotatable bonds is 8. The van der Waals surface area contributed by atoms with Crippen molar-refractivity contribution in [1.82, 2.24) is 14.9 Å². The summed E-state index contributed by atoms with van der Waals surface area (Å²) in [6.07, 6.45) is 3.15. The minimum Gasteiger partial charge on any atom is -0.468 e. The number of furan rings is 1. The largest absolute Gasteiger partial charge is 0.468 e. The number of anilines is 2. The van der Waals surface area contributed by atoms with Gasteiger partial charge < -0.3 is 15.1 Å². The summed E-state index contributed by atoms with van der Waals surface area (Å²) in [5.41, 5.74) is 3.15. The molecule has 0 aliphatic carbocycles. The van der Waals surface area contributed by atoms with Crippen LogP contribution in [0.4, 0.5) is 11.5 Å². The lowest BCUT2D eigenvalue weighted by Gasteiger charge is -2.18. The van der Waals surface area contributed by atoms with Gasteiger partial charge in [-0.15, -0.1) is 0 Å². The molecule has 0 aliphatic heterocycles. The van der Waals surface area contributed by atoms with Crippen molar-refractivity contribution in [3.05, 3.63) is 71.0 Å². The third-order valence-electron chi connectivity index (χ3n) is 4.06. The molecule has 2 N–H and O–H groups in total. The van der Waals surface area contributed by atoms with Crippen LogP contribution in [0.2, 0.25) is 5.15 Å². The second-order valence-corrected chi connectivity index (χ2v) is 6.37. The van der Waals surface area contributed by atoms with Crippen molar-refractivity contribution in [2.75, 3.05) is 24.7 Å². The molecule has 0 amide bonds.